The van der Waals surface area contributed by atoms with E-state index in [1.807, 2.05) is 0 Å². The molecule has 0 bridgehead atoms. The van der Waals surface area contributed by atoms with Gasteiger partial charge in [0, 0.05) is 0 Å². The molecule has 0 spiro atoms. The molecule has 0 saturated carbocycles. The number of carbonyl (C=O) groups excluding carboxylic acids is 1. The summed E-state index contributed by atoms with van der Waals surface area (Å²) in [5, 5.41) is 0. The van der Waals surface area contributed by atoms with E-state index in [1.54, 1.807) is 0 Å². The van der Waals surface area contributed by atoms with Crippen LogP contribution in [0.5, 0.6) is 0 Å². The molecule has 2 nitrogen and oxygen atoms in total. The van der Waals surface area contributed by atoms with Crippen LogP contribution in [0.2, 0.25) is 0 Å². The monoisotopic (exact) mass is 199 g/mol. The Bertz CT molecular complexity index is 63.2. The molecule has 1 heterocycles. The first kappa shape index (κ1) is 4.36. The van der Waals surface area contributed by atoms with Crippen LogP contribution in [-0.4, -0.2) is 15.0 Å². The summed E-state index contributed by atoms with van der Waals surface area (Å²) in [7, 11) is 0. The Morgan fingerprint density at radius 2 is 2.67 bits per heavy atom. The van der Waals surface area contributed by atoms with E-state index in [1.165, 1.54) is 0 Å². The molecule has 0 radical (unpaired) electrons. The fraction of sp³-hybridized carbons (Fsp3) is 0.667. The Kier molecular flexibility index (Phi) is 1.29. The average Bonchev–Trinajstić information content (AvgIpc) is 1.86. The third kappa shape index (κ3) is 0.830. The van der Waals surface area contributed by atoms with Crippen molar-refractivity contribution in [2.75, 3.05) is 11.0 Å². The van der Waals surface area contributed by atoms with E-state index >= 15 is 0 Å². The molecule has 0 atom stereocenters. The molecule has 0 aromatic heterocycles. The molecule has 1 saturated heterocycles. The molecule has 1 fully saturated rings. The van der Waals surface area contributed by atoms with Gasteiger partial charge in [-0.25, -0.2) is 0 Å². The maximum atomic E-state index is 10.1. The predicted molar refractivity (Wildman–Crippen MR) is 16.2 cm³/mol. The molecule has 1 aliphatic heterocycles. The van der Waals surface area contributed by atoms with Crippen molar-refractivity contribution in [3.63, 3.8) is 0 Å². The first-order valence-corrected chi connectivity index (χ1v) is 4.26. The van der Waals surface area contributed by atoms with Gasteiger partial charge in [-0.05, 0) is 0 Å². The first-order chi connectivity index (χ1) is 2.89. The second-order valence-electron chi connectivity index (χ2n) is 0.909. The number of carbonyl (C=O) groups is 1. The van der Waals surface area contributed by atoms with E-state index in [2.05, 4.69) is 4.74 Å². The van der Waals surface area contributed by atoms with Crippen LogP contribution in [0.15, 0.2) is 0 Å². The van der Waals surface area contributed by atoms with Crippen molar-refractivity contribution in [2.24, 2.45) is 0 Å². The van der Waals surface area contributed by atoms with Crippen molar-refractivity contribution in [3.8, 4) is 0 Å². The molecule has 0 unspecified atom stereocenters. The molecule has 0 amide bonds. The van der Waals surface area contributed by atoms with E-state index in [0.717, 1.165) is 4.43 Å². The summed E-state index contributed by atoms with van der Waals surface area (Å²) in [5.74, 6) is 0. The Labute approximate surface area is 46.1 Å². The van der Waals surface area contributed by atoms with Crippen LogP contribution >= 0.6 is 0 Å². The quantitative estimate of drug-likeness (QED) is 0.240. The normalized spacial score (nSPS) is 22.3. The van der Waals surface area contributed by atoms with Crippen molar-refractivity contribution in [2.45, 2.75) is 0 Å². The summed E-state index contributed by atoms with van der Waals surface area (Å²) in [6.07, 6.45) is 0. The van der Waals surface area contributed by atoms with Crippen LogP contribution in [0.25, 0.3) is 0 Å². The van der Waals surface area contributed by atoms with E-state index in [4.69, 9.17) is 0 Å². The SMILES string of the molecule is O=C1OCC[I-]1. The van der Waals surface area contributed by atoms with Gasteiger partial charge in [0.2, 0.25) is 0 Å². The van der Waals surface area contributed by atoms with Crippen LogP contribution in [0.3, 0.4) is 0 Å². The fourth-order valence-corrected chi connectivity index (χ4v) is 1.59. The van der Waals surface area contributed by atoms with Crippen LogP contribution < -0.4 is 21.2 Å². The van der Waals surface area contributed by atoms with Gasteiger partial charge in [-0.3, -0.25) is 0 Å². The average molecular weight is 199 g/mol. The minimum absolute atomic E-state index is 0.0637. The number of ether oxygens (including phenoxy) is 1. The molecule has 0 aromatic carbocycles. The number of alkyl halides is 1. The molecule has 1 aliphatic rings. The van der Waals surface area contributed by atoms with Gasteiger partial charge < -0.3 is 0 Å². The van der Waals surface area contributed by atoms with Crippen molar-refractivity contribution in [1.29, 1.82) is 0 Å². The number of halogens is 1. The van der Waals surface area contributed by atoms with Crippen molar-refractivity contribution in [1.82, 2.24) is 0 Å². The van der Waals surface area contributed by atoms with Gasteiger partial charge in [0.05, 0.1) is 0 Å². The predicted octanol–water partition coefficient (Wildman–Crippen LogP) is -2.77. The third-order valence-electron chi connectivity index (χ3n) is 0.496. The number of cyclic esters (lactones) is 1. The van der Waals surface area contributed by atoms with Gasteiger partial charge in [0.25, 0.3) is 0 Å². The van der Waals surface area contributed by atoms with Gasteiger partial charge in [-0.1, -0.05) is 0 Å². The van der Waals surface area contributed by atoms with Gasteiger partial charge >= 0.3 is 45.7 Å². The van der Waals surface area contributed by atoms with Crippen LogP contribution in [-0.2, 0) is 4.74 Å². The summed E-state index contributed by atoms with van der Waals surface area (Å²) in [6, 6.07) is 0. The third-order valence-corrected chi connectivity index (χ3v) is 2.41. The topological polar surface area (TPSA) is 26.3 Å². The zero-order valence-electron chi connectivity index (χ0n) is 3.11. The van der Waals surface area contributed by atoms with Crippen LogP contribution in [0, 0.1) is 0 Å². The Morgan fingerprint density at radius 3 is 2.83 bits per heavy atom. The van der Waals surface area contributed by atoms with Gasteiger partial charge in [0.15, 0.2) is 0 Å². The van der Waals surface area contributed by atoms with E-state index in [9.17, 15) is 4.79 Å². The fourth-order valence-electron chi connectivity index (χ4n) is 0.273. The molecular weight excluding hydrogens is 195 g/mol. The van der Waals surface area contributed by atoms with E-state index < -0.39 is 0 Å². The Hall–Kier alpha value is 0.200. The molecule has 6 heavy (non-hydrogen) atoms. The number of rotatable bonds is 0. The van der Waals surface area contributed by atoms with E-state index in [0.29, 0.717) is 6.61 Å². The summed E-state index contributed by atoms with van der Waals surface area (Å²) in [6.45, 7) is 0.687. The van der Waals surface area contributed by atoms with E-state index in [-0.39, 0.29) is 25.2 Å². The summed E-state index contributed by atoms with van der Waals surface area (Å²) in [4.78, 5) is 10.1. The van der Waals surface area contributed by atoms with Gasteiger partial charge in [-0.15, -0.1) is 0 Å². The van der Waals surface area contributed by atoms with Crippen molar-refractivity contribution >= 4 is 3.98 Å². The summed E-state index contributed by atoms with van der Waals surface area (Å²) >= 11 is -0.182. The van der Waals surface area contributed by atoms with Gasteiger partial charge in [0.1, 0.15) is 0 Å². The molecule has 0 aromatic rings. The zero-order valence-corrected chi connectivity index (χ0v) is 5.27. The van der Waals surface area contributed by atoms with Crippen LogP contribution in [0.1, 0.15) is 0 Å². The molecule has 36 valence electrons. The minimum atomic E-state index is -0.182. The van der Waals surface area contributed by atoms with Crippen molar-refractivity contribution < 1.29 is 30.7 Å². The molecule has 0 aliphatic carbocycles. The van der Waals surface area contributed by atoms with Crippen molar-refractivity contribution in [3.05, 3.63) is 0 Å². The Balaban J connectivity index is 2.37. The Morgan fingerprint density at radius 1 is 1.83 bits per heavy atom. The molecular formula is C3H4IO2-. The maximum absolute atomic E-state index is 10.1. The number of hydrogen-bond donors (Lipinski definition) is 0. The standard InChI is InChI=1S/C3H4IO2/c5-3-4-1-2-6-3/h1-2H2/q-1. The molecule has 0 N–H and O–H groups in total. The second-order valence-corrected chi connectivity index (χ2v) is 3.63. The van der Waals surface area contributed by atoms with Crippen LogP contribution in [0.4, 0.5) is 4.79 Å². The van der Waals surface area contributed by atoms with Gasteiger partial charge in [-0.2, -0.15) is 0 Å². The summed E-state index contributed by atoms with van der Waals surface area (Å²) < 4.78 is 5.65. The zero-order chi connectivity index (χ0) is 4.41. The first-order valence-electron chi connectivity index (χ1n) is 1.65. The number of hydrogen-bond acceptors (Lipinski definition) is 2. The summed E-state index contributed by atoms with van der Waals surface area (Å²) in [5.41, 5.74) is 0. The molecule has 1 rings (SSSR count). The molecule has 3 heteroatoms. The second kappa shape index (κ2) is 1.77.